The lowest BCUT2D eigenvalue weighted by Gasteiger charge is -2.16. The molecule has 1 fully saturated rings. The summed E-state index contributed by atoms with van der Waals surface area (Å²) in [6.45, 7) is 2.37. The van der Waals surface area contributed by atoms with E-state index in [1.165, 1.54) is 0 Å². The number of nitrogens with one attached hydrogen (secondary N) is 1. The van der Waals surface area contributed by atoms with Crippen molar-refractivity contribution >= 4 is 29.2 Å². The molecule has 0 spiro atoms. The fourth-order valence-electron chi connectivity index (χ4n) is 2.66. The van der Waals surface area contributed by atoms with E-state index in [-0.39, 0.29) is 5.91 Å². The highest BCUT2D eigenvalue weighted by molar-refractivity contribution is 6.32. The summed E-state index contributed by atoms with van der Waals surface area (Å²) < 4.78 is 5.32. The van der Waals surface area contributed by atoms with E-state index in [1.54, 1.807) is 18.2 Å². The molecule has 1 aromatic carbocycles. The number of aliphatic carboxylic acids is 1. The van der Waals surface area contributed by atoms with Gasteiger partial charge in [0.1, 0.15) is 5.75 Å². The van der Waals surface area contributed by atoms with Gasteiger partial charge in [-0.15, -0.1) is 0 Å². The van der Waals surface area contributed by atoms with Crippen molar-refractivity contribution in [2.45, 2.75) is 26.2 Å². The molecule has 21 heavy (non-hydrogen) atoms. The van der Waals surface area contributed by atoms with Crippen molar-refractivity contribution in [2.75, 3.05) is 11.9 Å². The van der Waals surface area contributed by atoms with Crippen LogP contribution in [-0.2, 0) is 9.59 Å². The number of ether oxygens (including phenoxy) is 1. The average molecular weight is 312 g/mol. The molecular weight excluding hydrogens is 294 g/mol. The molecule has 2 atom stereocenters. The highest BCUT2D eigenvalue weighted by Gasteiger charge is 2.37. The Morgan fingerprint density at radius 1 is 1.38 bits per heavy atom. The number of hydrogen-bond acceptors (Lipinski definition) is 3. The second-order valence-electron chi connectivity index (χ2n) is 5.05. The quantitative estimate of drug-likeness (QED) is 0.875. The summed E-state index contributed by atoms with van der Waals surface area (Å²) >= 11 is 6.06. The number of halogens is 1. The molecule has 1 saturated carbocycles. The highest BCUT2D eigenvalue weighted by Crippen LogP contribution is 2.33. The first-order chi connectivity index (χ1) is 10.0. The van der Waals surface area contributed by atoms with Gasteiger partial charge < -0.3 is 15.2 Å². The van der Waals surface area contributed by atoms with Crippen LogP contribution in [0.2, 0.25) is 5.02 Å². The summed E-state index contributed by atoms with van der Waals surface area (Å²) in [6.07, 6.45) is 1.92. The summed E-state index contributed by atoms with van der Waals surface area (Å²) in [5.41, 5.74) is 0.546. The van der Waals surface area contributed by atoms with Crippen molar-refractivity contribution in [1.29, 1.82) is 0 Å². The van der Waals surface area contributed by atoms with Crippen LogP contribution in [0.5, 0.6) is 5.75 Å². The third-order valence-electron chi connectivity index (χ3n) is 3.67. The third-order valence-corrected chi connectivity index (χ3v) is 3.96. The molecule has 2 N–H and O–H groups in total. The summed E-state index contributed by atoms with van der Waals surface area (Å²) in [5, 5.41) is 12.3. The van der Waals surface area contributed by atoms with Gasteiger partial charge in [0.15, 0.2) is 0 Å². The van der Waals surface area contributed by atoms with Crippen LogP contribution in [-0.4, -0.2) is 23.6 Å². The van der Waals surface area contributed by atoms with Gasteiger partial charge in [-0.05, 0) is 38.0 Å². The Kier molecular flexibility index (Phi) is 5.07. The lowest BCUT2D eigenvalue weighted by Crippen LogP contribution is -2.29. The molecule has 0 heterocycles. The van der Waals surface area contributed by atoms with Crippen LogP contribution in [0.25, 0.3) is 0 Å². The van der Waals surface area contributed by atoms with Crippen molar-refractivity contribution in [3.05, 3.63) is 23.2 Å². The van der Waals surface area contributed by atoms with Crippen molar-refractivity contribution in [3.8, 4) is 5.75 Å². The van der Waals surface area contributed by atoms with Gasteiger partial charge in [0, 0.05) is 5.69 Å². The monoisotopic (exact) mass is 311 g/mol. The third kappa shape index (κ3) is 3.67. The SMILES string of the molecule is CCOc1ccc(NC(=O)[C@@H]2CCC[C@@H]2C(=O)O)cc1Cl. The van der Waals surface area contributed by atoms with Crippen LogP contribution < -0.4 is 10.1 Å². The predicted octanol–water partition coefficient (Wildman–Crippen LogP) is 3.18. The van der Waals surface area contributed by atoms with Gasteiger partial charge in [-0.3, -0.25) is 9.59 Å². The Labute approximate surface area is 128 Å². The molecule has 2 rings (SSSR count). The van der Waals surface area contributed by atoms with Crippen LogP contribution in [0.15, 0.2) is 18.2 Å². The van der Waals surface area contributed by atoms with E-state index < -0.39 is 17.8 Å². The Hall–Kier alpha value is -1.75. The van der Waals surface area contributed by atoms with Gasteiger partial charge in [0.25, 0.3) is 0 Å². The Morgan fingerprint density at radius 3 is 2.71 bits per heavy atom. The molecule has 0 aromatic heterocycles. The molecule has 0 unspecified atom stereocenters. The van der Waals surface area contributed by atoms with E-state index in [4.69, 9.17) is 21.4 Å². The zero-order chi connectivity index (χ0) is 15.4. The molecular formula is C15H18ClNO4. The van der Waals surface area contributed by atoms with E-state index in [2.05, 4.69) is 5.32 Å². The first-order valence-electron chi connectivity index (χ1n) is 6.99. The van der Waals surface area contributed by atoms with Gasteiger partial charge in [-0.25, -0.2) is 0 Å². The molecule has 114 valence electrons. The molecule has 1 aliphatic carbocycles. The Bertz CT molecular complexity index is 546. The second-order valence-corrected chi connectivity index (χ2v) is 5.46. The average Bonchev–Trinajstić information content (AvgIpc) is 2.91. The number of anilines is 1. The molecule has 5 nitrogen and oxygen atoms in total. The molecule has 0 bridgehead atoms. The minimum atomic E-state index is -0.905. The molecule has 1 amide bonds. The fourth-order valence-corrected chi connectivity index (χ4v) is 2.89. The van der Waals surface area contributed by atoms with Crippen LogP contribution in [0, 0.1) is 11.8 Å². The van der Waals surface area contributed by atoms with Gasteiger partial charge in [-0.2, -0.15) is 0 Å². The van der Waals surface area contributed by atoms with Crippen molar-refractivity contribution < 1.29 is 19.4 Å². The maximum Gasteiger partial charge on any atom is 0.307 e. The molecule has 6 heteroatoms. The lowest BCUT2D eigenvalue weighted by atomic mass is 9.95. The molecule has 0 saturated heterocycles. The van der Waals surface area contributed by atoms with E-state index >= 15 is 0 Å². The van der Waals surface area contributed by atoms with Crippen LogP contribution in [0.4, 0.5) is 5.69 Å². The molecule has 0 radical (unpaired) electrons. The maximum absolute atomic E-state index is 12.2. The standard InChI is InChI=1S/C15H18ClNO4/c1-2-21-13-7-6-9(8-12(13)16)17-14(18)10-4-3-5-11(10)15(19)20/h6-8,10-11H,2-5H2,1H3,(H,17,18)(H,19,20)/t10-,11+/m1/s1. The largest absolute Gasteiger partial charge is 0.492 e. The Morgan fingerprint density at radius 2 is 2.10 bits per heavy atom. The van der Waals surface area contributed by atoms with Crippen LogP contribution in [0.1, 0.15) is 26.2 Å². The second kappa shape index (κ2) is 6.80. The van der Waals surface area contributed by atoms with Crippen molar-refractivity contribution in [2.24, 2.45) is 11.8 Å². The Balaban J connectivity index is 2.06. The number of amides is 1. The smallest absolute Gasteiger partial charge is 0.307 e. The summed E-state index contributed by atoms with van der Waals surface area (Å²) in [4.78, 5) is 23.3. The van der Waals surface area contributed by atoms with Crippen molar-refractivity contribution in [3.63, 3.8) is 0 Å². The normalized spacial score (nSPS) is 21.0. The number of benzene rings is 1. The van der Waals surface area contributed by atoms with E-state index in [0.29, 0.717) is 35.9 Å². The number of carbonyl (C=O) groups is 2. The number of carboxylic acids is 1. The van der Waals surface area contributed by atoms with Gasteiger partial charge >= 0.3 is 5.97 Å². The first kappa shape index (κ1) is 15.6. The molecule has 0 aliphatic heterocycles. The van der Waals surface area contributed by atoms with Gasteiger partial charge in [-0.1, -0.05) is 18.0 Å². The zero-order valence-electron chi connectivity index (χ0n) is 11.8. The minimum absolute atomic E-state index is 0.264. The lowest BCUT2D eigenvalue weighted by molar-refractivity contribution is -0.145. The fraction of sp³-hybridized carbons (Fsp3) is 0.467. The highest BCUT2D eigenvalue weighted by atomic mass is 35.5. The maximum atomic E-state index is 12.2. The minimum Gasteiger partial charge on any atom is -0.492 e. The zero-order valence-corrected chi connectivity index (χ0v) is 12.5. The predicted molar refractivity (Wildman–Crippen MR) is 79.7 cm³/mol. The summed E-state index contributed by atoms with van der Waals surface area (Å²) in [5.74, 6) is -1.69. The molecule has 1 aromatic rings. The van der Waals surface area contributed by atoms with Crippen molar-refractivity contribution in [1.82, 2.24) is 0 Å². The van der Waals surface area contributed by atoms with E-state index in [9.17, 15) is 9.59 Å². The first-order valence-corrected chi connectivity index (χ1v) is 7.36. The summed E-state index contributed by atoms with van der Waals surface area (Å²) in [6, 6.07) is 4.99. The number of carbonyl (C=O) groups excluding carboxylic acids is 1. The number of hydrogen-bond donors (Lipinski definition) is 2. The summed E-state index contributed by atoms with van der Waals surface area (Å²) in [7, 11) is 0. The van der Waals surface area contributed by atoms with Gasteiger partial charge in [0.2, 0.25) is 5.91 Å². The van der Waals surface area contributed by atoms with Crippen LogP contribution in [0.3, 0.4) is 0 Å². The number of rotatable bonds is 5. The van der Waals surface area contributed by atoms with Gasteiger partial charge in [0.05, 0.1) is 23.5 Å². The topological polar surface area (TPSA) is 75.6 Å². The van der Waals surface area contributed by atoms with E-state index in [0.717, 1.165) is 6.42 Å². The van der Waals surface area contributed by atoms with Crippen LogP contribution >= 0.6 is 11.6 Å². The number of carboxylic acid groups (broad SMARTS) is 1. The molecule has 1 aliphatic rings. The van der Waals surface area contributed by atoms with E-state index in [1.807, 2.05) is 6.92 Å².